The van der Waals surface area contributed by atoms with Gasteiger partial charge in [-0.1, -0.05) is 12.1 Å². The normalized spacial score (nSPS) is 10.0. The Morgan fingerprint density at radius 3 is 2.65 bits per heavy atom. The first-order valence-corrected chi connectivity index (χ1v) is 5.62. The summed E-state index contributed by atoms with van der Waals surface area (Å²) in [4.78, 5) is 22.9. The Morgan fingerprint density at radius 2 is 2.00 bits per heavy atom. The molecule has 1 N–H and O–H groups in total. The monoisotopic (exact) mass is 235 g/mol. The molecule has 0 aromatic heterocycles. The highest BCUT2D eigenvalue weighted by Crippen LogP contribution is 2.15. The molecule has 1 aromatic rings. The molecule has 1 amide bonds. The van der Waals surface area contributed by atoms with E-state index in [9.17, 15) is 9.59 Å². The summed E-state index contributed by atoms with van der Waals surface area (Å²) >= 11 is 0. The third-order valence-corrected chi connectivity index (χ3v) is 2.26. The Bertz CT molecular complexity index is 401. The lowest BCUT2D eigenvalue weighted by atomic mass is 10.1. The SMILES string of the molecule is CCOCCC(=O)Nc1ccccc1C(C)=O. The molecule has 0 spiro atoms. The molecular formula is C13H17NO3. The van der Waals surface area contributed by atoms with Crippen LogP contribution in [-0.2, 0) is 9.53 Å². The van der Waals surface area contributed by atoms with Crippen molar-refractivity contribution in [3.8, 4) is 0 Å². The lowest BCUT2D eigenvalue weighted by Gasteiger charge is -2.08. The number of ether oxygens (including phenoxy) is 1. The maximum absolute atomic E-state index is 11.6. The zero-order valence-corrected chi connectivity index (χ0v) is 10.2. The summed E-state index contributed by atoms with van der Waals surface area (Å²) < 4.78 is 5.09. The topological polar surface area (TPSA) is 55.4 Å². The van der Waals surface area contributed by atoms with Crippen molar-refractivity contribution in [2.24, 2.45) is 0 Å². The van der Waals surface area contributed by atoms with Crippen LogP contribution in [0.1, 0.15) is 30.6 Å². The van der Waals surface area contributed by atoms with Crippen LogP contribution in [0.5, 0.6) is 0 Å². The number of hydrogen-bond donors (Lipinski definition) is 1. The summed E-state index contributed by atoms with van der Waals surface area (Å²) in [5.74, 6) is -0.210. The number of benzene rings is 1. The van der Waals surface area contributed by atoms with Crippen molar-refractivity contribution in [1.82, 2.24) is 0 Å². The van der Waals surface area contributed by atoms with E-state index in [4.69, 9.17) is 4.74 Å². The predicted molar refractivity (Wildman–Crippen MR) is 66.2 cm³/mol. The number of carbonyl (C=O) groups is 2. The van der Waals surface area contributed by atoms with Crippen LogP contribution in [0.2, 0.25) is 0 Å². The van der Waals surface area contributed by atoms with Crippen molar-refractivity contribution in [2.75, 3.05) is 18.5 Å². The van der Waals surface area contributed by atoms with Gasteiger partial charge in [0.05, 0.1) is 18.7 Å². The number of Topliss-reactive ketones (excluding diaryl/α,β-unsaturated/α-hetero) is 1. The minimum Gasteiger partial charge on any atom is -0.381 e. The van der Waals surface area contributed by atoms with Gasteiger partial charge in [-0.25, -0.2) is 0 Å². The molecule has 0 unspecified atom stereocenters. The molecule has 4 heteroatoms. The van der Waals surface area contributed by atoms with Crippen molar-refractivity contribution in [3.63, 3.8) is 0 Å². The molecule has 0 saturated carbocycles. The molecule has 0 radical (unpaired) electrons. The molecule has 0 aliphatic carbocycles. The Labute approximate surface area is 101 Å². The molecule has 17 heavy (non-hydrogen) atoms. The third-order valence-electron chi connectivity index (χ3n) is 2.26. The maximum atomic E-state index is 11.6. The zero-order valence-electron chi connectivity index (χ0n) is 10.2. The van der Waals surface area contributed by atoms with E-state index in [0.29, 0.717) is 30.9 Å². The van der Waals surface area contributed by atoms with E-state index in [1.807, 2.05) is 6.92 Å². The summed E-state index contributed by atoms with van der Waals surface area (Å²) in [5.41, 5.74) is 1.08. The lowest BCUT2D eigenvalue weighted by molar-refractivity contribution is -0.117. The molecule has 0 saturated heterocycles. The fourth-order valence-corrected chi connectivity index (χ4v) is 1.42. The Kier molecular flexibility index (Phi) is 5.36. The number of nitrogens with one attached hydrogen (secondary N) is 1. The Morgan fingerprint density at radius 1 is 1.29 bits per heavy atom. The number of amides is 1. The highest BCUT2D eigenvalue weighted by molar-refractivity contribution is 6.03. The fourth-order valence-electron chi connectivity index (χ4n) is 1.42. The van der Waals surface area contributed by atoms with Crippen LogP contribution in [0, 0.1) is 0 Å². The van der Waals surface area contributed by atoms with Crippen LogP contribution >= 0.6 is 0 Å². The molecule has 92 valence electrons. The number of anilines is 1. The Hall–Kier alpha value is -1.68. The van der Waals surface area contributed by atoms with Crippen LogP contribution in [0.4, 0.5) is 5.69 Å². The second-order valence-electron chi connectivity index (χ2n) is 3.60. The zero-order chi connectivity index (χ0) is 12.7. The van der Waals surface area contributed by atoms with Gasteiger partial charge in [-0.15, -0.1) is 0 Å². The largest absolute Gasteiger partial charge is 0.381 e. The number of para-hydroxylation sites is 1. The van der Waals surface area contributed by atoms with Gasteiger partial charge in [-0.05, 0) is 26.0 Å². The standard InChI is InChI=1S/C13H17NO3/c1-3-17-9-8-13(16)14-12-7-5-4-6-11(12)10(2)15/h4-7H,3,8-9H2,1-2H3,(H,14,16). The van der Waals surface area contributed by atoms with Crippen molar-refractivity contribution < 1.29 is 14.3 Å². The van der Waals surface area contributed by atoms with Crippen molar-refractivity contribution in [2.45, 2.75) is 20.3 Å². The number of carbonyl (C=O) groups excluding carboxylic acids is 2. The fraction of sp³-hybridized carbons (Fsp3) is 0.385. The summed E-state index contributed by atoms with van der Waals surface area (Å²) in [6.45, 7) is 4.34. The number of ketones is 1. The van der Waals surface area contributed by atoms with E-state index in [1.165, 1.54) is 6.92 Å². The first-order chi connectivity index (χ1) is 8.15. The summed E-state index contributed by atoms with van der Waals surface area (Å²) in [5, 5.41) is 2.71. The van der Waals surface area contributed by atoms with Crippen molar-refractivity contribution in [1.29, 1.82) is 0 Å². The second-order valence-corrected chi connectivity index (χ2v) is 3.60. The van der Waals surface area contributed by atoms with E-state index >= 15 is 0 Å². The first-order valence-electron chi connectivity index (χ1n) is 5.62. The Balaban J connectivity index is 2.61. The van der Waals surface area contributed by atoms with Gasteiger partial charge in [0.2, 0.25) is 5.91 Å². The molecule has 0 atom stereocenters. The molecule has 0 heterocycles. The minimum atomic E-state index is -0.146. The van der Waals surface area contributed by atoms with E-state index in [0.717, 1.165) is 0 Å². The van der Waals surface area contributed by atoms with Crippen LogP contribution in [0.15, 0.2) is 24.3 Å². The summed E-state index contributed by atoms with van der Waals surface area (Å²) in [6, 6.07) is 6.97. The summed E-state index contributed by atoms with van der Waals surface area (Å²) in [6.07, 6.45) is 0.292. The first kappa shape index (κ1) is 13.4. The van der Waals surface area contributed by atoms with Gasteiger partial charge in [0.1, 0.15) is 0 Å². The van der Waals surface area contributed by atoms with Gasteiger partial charge in [-0.2, -0.15) is 0 Å². The highest BCUT2D eigenvalue weighted by Gasteiger charge is 2.09. The molecular weight excluding hydrogens is 218 g/mol. The number of rotatable bonds is 6. The van der Waals surface area contributed by atoms with Crippen LogP contribution in [0.3, 0.4) is 0 Å². The molecule has 1 aromatic carbocycles. The van der Waals surface area contributed by atoms with Gasteiger partial charge in [0.15, 0.2) is 5.78 Å². The van der Waals surface area contributed by atoms with E-state index in [2.05, 4.69) is 5.32 Å². The van der Waals surface area contributed by atoms with Crippen molar-refractivity contribution >= 4 is 17.4 Å². The molecule has 0 fully saturated rings. The van der Waals surface area contributed by atoms with E-state index < -0.39 is 0 Å². The average molecular weight is 235 g/mol. The highest BCUT2D eigenvalue weighted by atomic mass is 16.5. The lowest BCUT2D eigenvalue weighted by Crippen LogP contribution is -2.16. The van der Waals surface area contributed by atoms with E-state index in [-0.39, 0.29) is 11.7 Å². The smallest absolute Gasteiger partial charge is 0.226 e. The van der Waals surface area contributed by atoms with Crippen LogP contribution in [-0.4, -0.2) is 24.9 Å². The van der Waals surface area contributed by atoms with Gasteiger partial charge >= 0.3 is 0 Å². The molecule has 0 aliphatic heterocycles. The predicted octanol–water partition coefficient (Wildman–Crippen LogP) is 2.25. The van der Waals surface area contributed by atoms with Crippen LogP contribution < -0.4 is 5.32 Å². The van der Waals surface area contributed by atoms with Gasteiger partial charge in [0.25, 0.3) is 0 Å². The average Bonchev–Trinajstić information content (AvgIpc) is 2.29. The van der Waals surface area contributed by atoms with Crippen molar-refractivity contribution in [3.05, 3.63) is 29.8 Å². The molecule has 1 rings (SSSR count). The summed E-state index contributed by atoms with van der Waals surface area (Å²) in [7, 11) is 0. The van der Waals surface area contributed by atoms with Gasteiger partial charge in [-0.3, -0.25) is 9.59 Å². The third kappa shape index (κ3) is 4.36. The number of hydrogen-bond acceptors (Lipinski definition) is 3. The molecule has 4 nitrogen and oxygen atoms in total. The van der Waals surface area contributed by atoms with Gasteiger partial charge in [0, 0.05) is 12.2 Å². The molecule has 0 bridgehead atoms. The quantitative estimate of drug-likeness (QED) is 0.607. The van der Waals surface area contributed by atoms with Crippen LogP contribution in [0.25, 0.3) is 0 Å². The van der Waals surface area contributed by atoms with Gasteiger partial charge < -0.3 is 10.1 Å². The second kappa shape index (κ2) is 6.81. The van der Waals surface area contributed by atoms with E-state index in [1.54, 1.807) is 24.3 Å². The molecule has 0 aliphatic rings. The maximum Gasteiger partial charge on any atom is 0.226 e. The minimum absolute atomic E-state index is 0.0642.